The Bertz CT molecular complexity index is 2280. The molecular formula is C61H110O35Si. The molecule has 21 rings (SSSR count). The molecule has 21 fully saturated rings. The maximum Gasteiger partial charge on any atom is 0.192 e. The van der Waals surface area contributed by atoms with Crippen molar-refractivity contribution in [2.75, 3.05) is 139 Å². The second-order valence-corrected chi connectivity index (χ2v) is 31.0. The fourth-order valence-corrected chi connectivity index (χ4v) is 15.5. The summed E-state index contributed by atoms with van der Waals surface area (Å²) in [7, 11) is 15.1. The van der Waals surface area contributed by atoms with Crippen molar-refractivity contribution in [1.29, 1.82) is 0 Å². The molecule has 0 aromatic carbocycles. The van der Waals surface area contributed by atoms with Crippen molar-refractivity contribution in [2.45, 2.75) is 254 Å². The van der Waals surface area contributed by atoms with Crippen molar-refractivity contribution in [2.24, 2.45) is 0 Å². The van der Waals surface area contributed by atoms with Gasteiger partial charge in [-0.3, -0.25) is 0 Å². The maximum absolute atomic E-state index is 11.5. The van der Waals surface area contributed by atoms with Crippen LogP contribution in [0.2, 0.25) is 18.1 Å². The predicted molar refractivity (Wildman–Crippen MR) is 327 cm³/mol. The average molecular weight is 1430 g/mol. The number of ether oxygens (including phenoxy) is 27. The molecule has 0 aromatic heterocycles. The van der Waals surface area contributed by atoms with Crippen molar-refractivity contribution >= 4 is 8.32 Å². The highest BCUT2D eigenvalue weighted by Crippen LogP contribution is 2.45. The molecule has 0 saturated carbocycles. The van der Waals surface area contributed by atoms with Crippen molar-refractivity contribution in [3.8, 4) is 0 Å². The molecule has 14 bridgehead atoms. The van der Waals surface area contributed by atoms with E-state index in [1.54, 1.807) is 0 Å². The van der Waals surface area contributed by atoms with Crippen molar-refractivity contribution < 1.29 is 168 Å². The van der Waals surface area contributed by atoms with Gasteiger partial charge in [0.05, 0.1) is 46.2 Å². The number of hydrogen-bond donors (Lipinski definition) is 7. The summed E-state index contributed by atoms with van der Waals surface area (Å²) in [5, 5.41) is 78.3. The zero-order valence-electron chi connectivity index (χ0n) is 58.7. The Hall–Kier alpha value is -1.18. The Labute approximate surface area is 567 Å². The molecule has 0 radical (unpaired) electrons. The SMILES string of the molecule is CO[C@@H]1[C@@H](OC)[C@H]2O[C@H]3[C@H](O[Si](C)(C)C(C)(C)C)[C@@H](OC)[C@@H](O[C@H]4[C@@H](OC)[C@H](OC)[C@@H](O[C@H]5[C@@H](OC)[C@H](OC)[C@@H](O[C@H]6[C@H](OC)[C@@H](OC)[C@@H](O[C@H]7[C@H](OC)[C@@H](OC)[C@@H](O[C@H]8[C@H](OC)[C@@H](OC)[C@@H](O[C@@H]1[C@H](CO)O2)O[C@H]8CO)O[C@@H]7CO)O[C@@H]6CO)O[C@@H]5CO)O[C@@H]4CO)O[C@@H]3CO. The minimum absolute atomic E-state index is 0.429. The number of aliphatic hydroxyl groups excluding tert-OH is 7. The van der Waals surface area contributed by atoms with Gasteiger partial charge >= 0.3 is 0 Å². The highest BCUT2D eigenvalue weighted by Gasteiger charge is 2.63. The Morgan fingerprint density at radius 2 is 0.361 bits per heavy atom. The standard InChI is InChI=1S/C61H110O35Si/c1-61(2,3)97(17,18)96-46-39-32(25-68)88-60(53(46)81-16)94-38-31(24-67)86-58(51(79-14)45(38)74-9)92-36-29(22-65)84-56(49(77-12)43(36)72-7)90-34-27(20-63)82-54(47(75-10)41(34)70-5)89-33-26(19-62)83-55(48(76-11)40(33)69-4)91-35-28(21-64)85-57(50(78-13)42(35)71-6)93-37-30(23-66)87-59(95-39)52(80-15)44(37)73-8/h26-60,62-68H,19-25H2,1-18H3/t26-,27-,28+,29-,30+,31-,32-,33-,34-,35-,36-,37-,38-,39-,40+,41+,42+,43-,44+,45-,46+,47-,48-,49+,50-,51+,52-,53-,54-,55-,56-,57-,58-,59-,60-/m1/s1. The van der Waals surface area contributed by atoms with Crippen LogP contribution in [0.25, 0.3) is 0 Å². The van der Waals surface area contributed by atoms with Gasteiger partial charge in [-0.25, -0.2) is 0 Å². The summed E-state index contributed by atoms with van der Waals surface area (Å²) in [6.07, 6.45) is -43.9. The van der Waals surface area contributed by atoms with Gasteiger partial charge in [-0.1, -0.05) is 20.8 Å². The molecule has 0 aromatic rings. The molecule has 0 aliphatic carbocycles. The number of aliphatic hydroxyl groups is 7. The summed E-state index contributed by atoms with van der Waals surface area (Å²) < 4.78 is 180. The van der Waals surface area contributed by atoms with Gasteiger partial charge in [0.25, 0.3) is 0 Å². The minimum atomic E-state index is -2.90. The first-order valence-corrected chi connectivity index (χ1v) is 35.5. The van der Waals surface area contributed by atoms with E-state index in [1.165, 1.54) is 92.4 Å². The van der Waals surface area contributed by atoms with Crippen molar-refractivity contribution in [1.82, 2.24) is 0 Å². The third-order valence-corrected chi connectivity index (χ3v) is 24.7. The first kappa shape index (κ1) is 81.5. The molecule has 7 N–H and O–H groups in total. The topological polar surface area (TPSA) is 400 Å². The van der Waals surface area contributed by atoms with Crippen LogP contribution in [0.15, 0.2) is 0 Å². The Kier molecular flexibility index (Phi) is 30.8. The van der Waals surface area contributed by atoms with Gasteiger partial charge in [0.1, 0.15) is 171 Å². The molecule has 35 nitrogen and oxygen atoms in total. The Morgan fingerprint density at radius 1 is 0.227 bits per heavy atom. The quantitative estimate of drug-likeness (QED) is 0.0513. The second kappa shape index (κ2) is 36.7. The molecule has 97 heavy (non-hydrogen) atoms. The van der Waals surface area contributed by atoms with E-state index in [9.17, 15) is 35.7 Å². The lowest BCUT2D eigenvalue weighted by Gasteiger charge is -2.53. The lowest BCUT2D eigenvalue weighted by Crippen LogP contribution is -2.70. The van der Waals surface area contributed by atoms with Crippen LogP contribution in [0.4, 0.5) is 0 Å². The summed E-state index contributed by atoms with van der Waals surface area (Å²) >= 11 is 0. The van der Waals surface area contributed by atoms with Crippen LogP contribution in [0.1, 0.15) is 20.8 Å². The summed E-state index contributed by atoms with van der Waals surface area (Å²) in [6.45, 7) is 5.29. The summed E-state index contributed by atoms with van der Waals surface area (Å²) in [5.41, 5.74) is 0. The van der Waals surface area contributed by atoms with Crippen LogP contribution in [0.3, 0.4) is 0 Å². The van der Waals surface area contributed by atoms with E-state index < -0.39 is 275 Å². The smallest absolute Gasteiger partial charge is 0.192 e. The van der Waals surface area contributed by atoms with Gasteiger partial charge in [-0.15, -0.1) is 0 Å². The summed E-state index contributed by atoms with van der Waals surface area (Å²) in [5.74, 6) is 0. The van der Waals surface area contributed by atoms with E-state index in [4.69, 9.17) is 132 Å². The van der Waals surface area contributed by atoms with Gasteiger partial charge in [0.15, 0.2) is 52.3 Å². The van der Waals surface area contributed by atoms with E-state index in [-0.39, 0.29) is 0 Å². The van der Waals surface area contributed by atoms with E-state index in [0.717, 1.165) is 0 Å². The van der Waals surface area contributed by atoms with Crippen molar-refractivity contribution in [3.05, 3.63) is 0 Å². The molecule has 35 atom stereocenters. The lowest BCUT2D eigenvalue weighted by molar-refractivity contribution is -0.402. The van der Waals surface area contributed by atoms with Crippen LogP contribution in [-0.4, -0.2) is 398 Å². The normalized spacial score (nSPS) is 46.8. The highest BCUT2D eigenvalue weighted by atomic mass is 28.4. The monoisotopic (exact) mass is 1430 g/mol. The van der Waals surface area contributed by atoms with Crippen LogP contribution in [-0.2, 0) is 132 Å². The lowest BCUT2D eigenvalue weighted by atomic mass is 9.94. The molecule has 21 aliphatic heterocycles. The number of methoxy groups -OCH3 is 13. The van der Waals surface area contributed by atoms with Crippen molar-refractivity contribution in [3.63, 3.8) is 0 Å². The average Bonchev–Trinajstić information content (AvgIpc) is 0.771. The van der Waals surface area contributed by atoms with E-state index in [2.05, 4.69) is 0 Å². The molecule has 21 saturated heterocycles. The second-order valence-electron chi connectivity index (χ2n) is 26.2. The summed E-state index contributed by atoms with van der Waals surface area (Å²) in [6, 6.07) is 0. The molecule has 0 unspecified atom stereocenters. The van der Waals surface area contributed by atoms with Gasteiger partial charge in [-0.2, -0.15) is 0 Å². The first-order chi connectivity index (χ1) is 46.6. The Balaban J connectivity index is 1.23. The third kappa shape index (κ3) is 16.8. The van der Waals surface area contributed by atoms with Gasteiger partial charge in [-0.05, 0) is 18.1 Å². The first-order valence-electron chi connectivity index (χ1n) is 32.6. The fraction of sp³-hybridized carbons (Fsp3) is 1.00. The molecule has 36 heteroatoms. The molecule has 0 amide bonds. The predicted octanol–water partition coefficient (Wildman–Crippen LogP) is -3.70. The zero-order chi connectivity index (χ0) is 71.0. The van der Waals surface area contributed by atoms with Crippen LogP contribution in [0, 0.1) is 0 Å². The molecule has 21 heterocycles. The molecule has 21 aliphatic rings. The Morgan fingerprint density at radius 3 is 0.485 bits per heavy atom. The minimum Gasteiger partial charge on any atom is -0.408 e. The van der Waals surface area contributed by atoms with E-state index in [1.807, 2.05) is 33.9 Å². The van der Waals surface area contributed by atoms with E-state index >= 15 is 0 Å². The largest absolute Gasteiger partial charge is 0.408 e. The fourth-order valence-electron chi connectivity index (χ4n) is 14.2. The number of hydrogen-bond acceptors (Lipinski definition) is 35. The molecule has 568 valence electrons. The van der Waals surface area contributed by atoms with Crippen LogP contribution < -0.4 is 0 Å². The van der Waals surface area contributed by atoms with Crippen LogP contribution >= 0.6 is 0 Å². The molecule has 0 spiro atoms. The highest BCUT2D eigenvalue weighted by molar-refractivity contribution is 6.74. The summed E-state index contributed by atoms with van der Waals surface area (Å²) in [4.78, 5) is 0. The molecular weight excluding hydrogens is 1320 g/mol. The zero-order valence-corrected chi connectivity index (χ0v) is 59.7. The van der Waals surface area contributed by atoms with E-state index in [0.29, 0.717) is 0 Å². The third-order valence-electron chi connectivity index (χ3n) is 20.2. The maximum atomic E-state index is 11.5. The van der Waals surface area contributed by atoms with Gasteiger partial charge in [0.2, 0.25) is 0 Å². The van der Waals surface area contributed by atoms with Crippen LogP contribution in [0.5, 0.6) is 0 Å². The van der Waals surface area contributed by atoms with Gasteiger partial charge < -0.3 is 168 Å². The van der Waals surface area contributed by atoms with Gasteiger partial charge in [0, 0.05) is 92.4 Å². The number of rotatable bonds is 22.